The van der Waals surface area contributed by atoms with E-state index in [2.05, 4.69) is 20.4 Å². The number of methoxy groups -OCH3 is 1. The van der Waals surface area contributed by atoms with Crippen molar-refractivity contribution < 1.29 is 19.0 Å². The normalized spacial score (nSPS) is 10.6. The monoisotopic (exact) mass is 437 g/mol. The smallest absolute Gasteiger partial charge is 0.270 e. The van der Waals surface area contributed by atoms with Crippen LogP contribution in [-0.2, 0) is 0 Å². The minimum absolute atomic E-state index is 0.0898. The van der Waals surface area contributed by atoms with Crippen LogP contribution in [0.1, 0.15) is 16.1 Å². The predicted octanol–water partition coefficient (Wildman–Crippen LogP) is 4.34. The van der Waals surface area contributed by atoms with Crippen LogP contribution >= 0.6 is 11.3 Å². The molecule has 0 fully saturated rings. The Kier molecular flexibility index (Phi) is 5.41. The van der Waals surface area contributed by atoms with Crippen molar-refractivity contribution in [1.29, 1.82) is 0 Å². The van der Waals surface area contributed by atoms with Gasteiger partial charge in [-0.15, -0.1) is 0 Å². The van der Waals surface area contributed by atoms with Gasteiger partial charge >= 0.3 is 0 Å². The molecule has 0 spiro atoms. The van der Waals surface area contributed by atoms with Crippen molar-refractivity contribution in [2.24, 2.45) is 0 Å². The number of thiazole rings is 1. The molecule has 1 N–H and O–H groups in total. The zero-order valence-corrected chi connectivity index (χ0v) is 17.2. The molecule has 10 nitrogen and oxygen atoms in total. The molecule has 1 amide bonds. The second-order valence-electron chi connectivity index (χ2n) is 6.34. The van der Waals surface area contributed by atoms with Gasteiger partial charge in [0.1, 0.15) is 10.6 Å². The van der Waals surface area contributed by atoms with Crippen LogP contribution in [0.2, 0.25) is 0 Å². The number of rotatable bonds is 6. The number of hydrogen-bond donors (Lipinski definition) is 1. The Hall–Kier alpha value is -4.12. The molecule has 156 valence electrons. The molecule has 2 aromatic heterocycles. The number of carbonyl (C=O) groups excluding carboxylic acids is 1. The Morgan fingerprint density at radius 2 is 1.84 bits per heavy atom. The standard InChI is InChI=1S/C20H15N5O5S/c1-11-16(19-22-17(24-30-19)12-5-9-15(29-2)10-6-12)31-20(21-11)23-18(26)13-3-7-14(8-4-13)25(27)28/h3-10H,1-2H3,(H,21,23,26). The second-order valence-corrected chi connectivity index (χ2v) is 7.34. The highest BCUT2D eigenvalue weighted by atomic mass is 32.1. The Labute approximate surface area is 179 Å². The molecule has 4 rings (SSSR count). The first-order valence-electron chi connectivity index (χ1n) is 8.96. The fourth-order valence-corrected chi connectivity index (χ4v) is 3.61. The highest BCUT2D eigenvalue weighted by Crippen LogP contribution is 2.33. The largest absolute Gasteiger partial charge is 0.497 e. The maximum absolute atomic E-state index is 12.4. The second kappa shape index (κ2) is 8.32. The number of non-ortho nitro benzene ring substituents is 1. The number of nitro groups is 1. The quantitative estimate of drug-likeness (QED) is 0.348. The lowest BCUT2D eigenvalue weighted by atomic mass is 10.2. The van der Waals surface area contributed by atoms with Crippen molar-refractivity contribution in [2.45, 2.75) is 6.92 Å². The highest BCUT2D eigenvalue weighted by Gasteiger charge is 2.19. The number of nitrogens with zero attached hydrogens (tertiary/aromatic N) is 4. The number of ether oxygens (including phenoxy) is 1. The van der Waals surface area contributed by atoms with E-state index in [4.69, 9.17) is 9.26 Å². The van der Waals surface area contributed by atoms with Crippen LogP contribution in [0.4, 0.5) is 10.8 Å². The van der Waals surface area contributed by atoms with E-state index < -0.39 is 10.8 Å². The van der Waals surface area contributed by atoms with E-state index in [1.54, 1.807) is 26.2 Å². The summed E-state index contributed by atoms with van der Waals surface area (Å²) < 4.78 is 10.5. The molecule has 4 aromatic rings. The van der Waals surface area contributed by atoms with Crippen LogP contribution < -0.4 is 10.1 Å². The van der Waals surface area contributed by atoms with Crippen LogP contribution in [0.15, 0.2) is 53.1 Å². The van der Waals surface area contributed by atoms with Gasteiger partial charge in [-0.2, -0.15) is 4.98 Å². The summed E-state index contributed by atoms with van der Waals surface area (Å²) in [6, 6.07) is 12.6. The topological polar surface area (TPSA) is 133 Å². The molecule has 0 aliphatic carbocycles. The number of anilines is 1. The minimum atomic E-state index is -0.525. The molecule has 0 radical (unpaired) electrons. The molecule has 0 aliphatic heterocycles. The molecule has 0 aliphatic rings. The van der Waals surface area contributed by atoms with Gasteiger partial charge in [0.2, 0.25) is 5.82 Å². The summed E-state index contributed by atoms with van der Waals surface area (Å²) in [5.74, 6) is 0.998. The van der Waals surface area contributed by atoms with Crippen LogP contribution in [-0.4, -0.2) is 33.1 Å². The van der Waals surface area contributed by atoms with E-state index in [1.807, 2.05) is 12.1 Å². The zero-order valence-electron chi connectivity index (χ0n) is 16.4. The van der Waals surface area contributed by atoms with Crippen LogP contribution in [0.3, 0.4) is 0 Å². The number of nitrogens with one attached hydrogen (secondary N) is 1. The number of benzene rings is 2. The van der Waals surface area contributed by atoms with Crippen molar-refractivity contribution in [2.75, 3.05) is 12.4 Å². The number of nitro benzene ring substituents is 1. The summed E-state index contributed by atoms with van der Waals surface area (Å²) >= 11 is 1.19. The summed E-state index contributed by atoms with van der Waals surface area (Å²) in [5, 5.41) is 17.8. The molecule has 11 heteroatoms. The van der Waals surface area contributed by atoms with Crippen LogP contribution in [0.5, 0.6) is 5.75 Å². The Morgan fingerprint density at radius 3 is 2.48 bits per heavy atom. The van der Waals surface area contributed by atoms with Crippen LogP contribution in [0, 0.1) is 17.0 Å². The van der Waals surface area contributed by atoms with Gasteiger partial charge in [-0.05, 0) is 43.3 Å². The molecule has 2 heterocycles. The number of carbonyl (C=O) groups is 1. The van der Waals surface area contributed by atoms with E-state index in [0.717, 1.165) is 11.3 Å². The van der Waals surface area contributed by atoms with E-state index in [9.17, 15) is 14.9 Å². The lowest BCUT2D eigenvalue weighted by Crippen LogP contribution is -2.11. The van der Waals surface area contributed by atoms with E-state index in [1.165, 1.54) is 35.6 Å². The third-order valence-corrected chi connectivity index (χ3v) is 5.39. The average Bonchev–Trinajstić information content (AvgIpc) is 3.40. The van der Waals surface area contributed by atoms with Crippen molar-refractivity contribution >= 4 is 28.1 Å². The van der Waals surface area contributed by atoms with Crippen LogP contribution in [0.25, 0.3) is 22.2 Å². The van der Waals surface area contributed by atoms with E-state index >= 15 is 0 Å². The van der Waals surface area contributed by atoms with Crippen molar-refractivity contribution in [3.05, 3.63) is 69.9 Å². The van der Waals surface area contributed by atoms with Gasteiger partial charge in [0.25, 0.3) is 17.5 Å². The van der Waals surface area contributed by atoms with Gasteiger partial charge in [-0.3, -0.25) is 20.2 Å². The third-order valence-electron chi connectivity index (χ3n) is 4.33. The van der Waals surface area contributed by atoms with Gasteiger partial charge < -0.3 is 9.26 Å². The van der Waals surface area contributed by atoms with Gasteiger partial charge in [-0.1, -0.05) is 16.5 Å². The fourth-order valence-electron chi connectivity index (χ4n) is 2.73. The highest BCUT2D eigenvalue weighted by molar-refractivity contribution is 7.19. The fraction of sp³-hybridized carbons (Fsp3) is 0.100. The van der Waals surface area contributed by atoms with Crippen molar-refractivity contribution in [3.63, 3.8) is 0 Å². The first-order chi connectivity index (χ1) is 14.9. The van der Waals surface area contributed by atoms with Gasteiger partial charge in [0.15, 0.2) is 5.13 Å². The Balaban J connectivity index is 1.51. The molecular weight excluding hydrogens is 422 g/mol. The number of aryl methyl sites for hydroxylation is 1. The molecule has 2 aromatic carbocycles. The molecule has 0 saturated heterocycles. The maximum Gasteiger partial charge on any atom is 0.270 e. The predicted molar refractivity (Wildman–Crippen MR) is 113 cm³/mol. The molecule has 31 heavy (non-hydrogen) atoms. The van der Waals surface area contributed by atoms with E-state index in [0.29, 0.717) is 21.5 Å². The average molecular weight is 437 g/mol. The summed E-state index contributed by atoms with van der Waals surface area (Å²) in [6.07, 6.45) is 0. The minimum Gasteiger partial charge on any atom is -0.497 e. The van der Waals surface area contributed by atoms with Gasteiger partial charge in [0.05, 0.1) is 17.7 Å². The Morgan fingerprint density at radius 1 is 1.13 bits per heavy atom. The van der Waals surface area contributed by atoms with E-state index in [-0.39, 0.29) is 17.1 Å². The molecular formula is C20H15N5O5S. The third kappa shape index (κ3) is 4.26. The number of amides is 1. The first-order valence-corrected chi connectivity index (χ1v) is 9.78. The molecule has 0 saturated carbocycles. The summed E-state index contributed by atoms with van der Waals surface area (Å²) in [4.78, 5) is 32.0. The SMILES string of the molecule is COc1ccc(-c2noc(-c3sc(NC(=O)c4ccc([N+](=O)[O-])cc4)nc3C)n2)cc1. The molecule has 0 bridgehead atoms. The van der Waals surface area contributed by atoms with Gasteiger partial charge in [0, 0.05) is 23.3 Å². The van der Waals surface area contributed by atoms with Crippen molar-refractivity contribution in [1.82, 2.24) is 15.1 Å². The number of hydrogen-bond acceptors (Lipinski definition) is 9. The van der Waals surface area contributed by atoms with Crippen molar-refractivity contribution in [3.8, 4) is 27.9 Å². The summed E-state index contributed by atoms with van der Waals surface area (Å²) in [6.45, 7) is 1.77. The molecule has 0 unspecified atom stereocenters. The lowest BCUT2D eigenvalue weighted by molar-refractivity contribution is -0.384. The summed E-state index contributed by atoms with van der Waals surface area (Å²) in [5.41, 5.74) is 1.58. The number of aromatic nitrogens is 3. The van der Waals surface area contributed by atoms with Gasteiger partial charge in [-0.25, -0.2) is 4.98 Å². The zero-order chi connectivity index (χ0) is 22.0. The first kappa shape index (κ1) is 20.2. The molecule has 0 atom stereocenters. The maximum atomic E-state index is 12.4. The lowest BCUT2D eigenvalue weighted by Gasteiger charge is -2.01. The summed E-state index contributed by atoms with van der Waals surface area (Å²) in [7, 11) is 1.59. The Bertz CT molecular complexity index is 1250.